The maximum Gasteiger partial charge on any atom is 0.305 e. The van der Waals surface area contributed by atoms with Crippen molar-refractivity contribution < 1.29 is 19.1 Å². The van der Waals surface area contributed by atoms with Gasteiger partial charge in [0, 0.05) is 5.56 Å². The van der Waals surface area contributed by atoms with Crippen molar-refractivity contribution in [3.05, 3.63) is 59.5 Å². The lowest BCUT2D eigenvalue weighted by molar-refractivity contribution is -0.137. The Labute approximate surface area is 116 Å². The number of hydrogen-bond acceptors (Lipinski definition) is 3. The molecule has 0 radical (unpaired) electrons. The number of carboxylic acids is 1. The van der Waals surface area contributed by atoms with Crippen molar-refractivity contribution in [3.63, 3.8) is 0 Å². The molecule has 1 aromatic heterocycles. The fourth-order valence-electron chi connectivity index (χ4n) is 1.91. The lowest BCUT2D eigenvalue weighted by Gasteiger charge is -2.14. The Balaban J connectivity index is 2.15. The zero-order valence-corrected chi connectivity index (χ0v) is 11.0. The van der Waals surface area contributed by atoms with Gasteiger partial charge in [0.1, 0.15) is 5.76 Å². The van der Waals surface area contributed by atoms with Gasteiger partial charge in [-0.1, -0.05) is 17.7 Å². The molecule has 2 rings (SSSR count). The van der Waals surface area contributed by atoms with E-state index in [0.29, 0.717) is 11.3 Å². The van der Waals surface area contributed by atoms with Crippen LogP contribution in [0.15, 0.2) is 47.1 Å². The number of carbonyl (C=O) groups is 2. The van der Waals surface area contributed by atoms with Crippen molar-refractivity contribution in [1.82, 2.24) is 5.32 Å². The van der Waals surface area contributed by atoms with E-state index in [2.05, 4.69) is 5.32 Å². The van der Waals surface area contributed by atoms with Crippen molar-refractivity contribution in [2.75, 3.05) is 0 Å². The summed E-state index contributed by atoms with van der Waals surface area (Å²) >= 11 is 0. The molecule has 5 nitrogen and oxygen atoms in total. The second-order valence-corrected chi connectivity index (χ2v) is 4.51. The lowest BCUT2D eigenvalue weighted by atomic mass is 10.1. The molecule has 1 aromatic carbocycles. The SMILES string of the molecule is Cc1cccc(C(=O)NC(CC(=O)O)c2ccco2)c1. The highest BCUT2D eigenvalue weighted by molar-refractivity contribution is 5.94. The monoisotopic (exact) mass is 273 g/mol. The fraction of sp³-hybridized carbons (Fsp3) is 0.200. The molecule has 0 aliphatic heterocycles. The van der Waals surface area contributed by atoms with Crippen molar-refractivity contribution >= 4 is 11.9 Å². The first-order chi connectivity index (χ1) is 9.56. The molecule has 0 aliphatic carbocycles. The predicted molar refractivity (Wildman–Crippen MR) is 72.3 cm³/mol. The van der Waals surface area contributed by atoms with Gasteiger partial charge in [0.25, 0.3) is 5.91 Å². The van der Waals surface area contributed by atoms with Crippen LogP contribution in [0.3, 0.4) is 0 Å². The summed E-state index contributed by atoms with van der Waals surface area (Å²) in [7, 11) is 0. The molecule has 1 heterocycles. The molecule has 0 spiro atoms. The van der Waals surface area contributed by atoms with E-state index in [-0.39, 0.29) is 12.3 Å². The van der Waals surface area contributed by atoms with Crippen molar-refractivity contribution in [3.8, 4) is 0 Å². The van der Waals surface area contributed by atoms with Crippen molar-refractivity contribution in [2.24, 2.45) is 0 Å². The van der Waals surface area contributed by atoms with Crippen LogP contribution in [-0.2, 0) is 4.79 Å². The zero-order chi connectivity index (χ0) is 14.5. The molecule has 0 aliphatic rings. The highest BCUT2D eigenvalue weighted by Gasteiger charge is 2.21. The highest BCUT2D eigenvalue weighted by atomic mass is 16.4. The van der Waals surface area contributed by atoms with E-state index < -0.39 is 12.0 Å². The van der Waals surface area contributed by atoms with Crippen LogP contribution in [-0.4, -0.2) is 17.0 Å². The van der Waals surface area contributed by atoms with Gasteiger partial charge in [-0.3, -0.25) is 9.59 Å². The third kappa shape index (κ3) is 3.47. The Kier molecular flexibility index (Phi) is 4.20. The van der Waals surface area contributed by atoms with Crippen LogP contribution < -0.4 is 5.32 Å². The first-order valence-electron chi connectivity index (χ1n) is 6.19. The molecular formula is C15H15NO4. The summed E-state index contributed by atoms with van der Waals surface area (Å²) < 4.78 is 5.18. The molecule has 104 valence electrons. The standard InChI is InChI=1S/C15H15NO4/c1-10-4-2-5-11(8-10)15(19)16-12(9-14(17)18)13-6-3-7-20-13/h2-8,12H,9H2,1H3,(H,16,19)(H,17,18). The molecule has 2 N–H and O–H groups in total. The number of carbonyl (C=O) groups excluding carboxylic acids is 1. The molecule has 0 fully saturated rings. The van der Waals surface area contributed by atoms with Crippen molar-refractivity contribution in [2.45, 2.75) is 19.4 Å². The highest BCUT2D eigenvalue weighted by Crippen LogP contribution is 2.18. The van der Waals surface area contributed by atoms with Crippen LogP contribution in [0.5, 0.6) is 0 Å². The maximum absolute atomic E-state index is 12.1. The number of aliphatic carboxylic acids is 1. The van der Waals surface area contributed by atoms with Gasteiger partial charge in [0.15, 0.2) is 0 Å². The minimum atomic E-state index is -1.00. The smallest absolute Gasteiger partial charge is 0.305 e. The molecular weight excluding hydrogens is 258 g/mol. The molecule has 1 unspecified atom stereocenters. The maximum atomic E-state index is 12.1. The zero-order valence-electron chi connectivity index (χ0n) is 11.0. The Hall–Kier alpha value is -2.56. The average molecular weight is 273 g/mol. The topological polar surface area (TPSA) is 79.5 Å². The summed E-state index contributed by atoms with van der Waals surface area (Å²) in [6, 6.07) is 9.71. The van der Waals surface area contributed by atoms with Crippen LogP contribution in [0.4, 0.5) is 0 Å². The quantitative estimate of drug-likeness (QED) is 0.877. The first kappa shape index (κ1) is 13.9. The Bertz CT molecular complexity index is 604. The van der Waals surface area contributed by atoms with Gasteiger partial charge in [-0.2, -0.15) is 0 Å². The summed E-state index contributed by atoms with van der Waals surface area (Å²) in [5, 5.41) is 11.6. The number of aryl methyl sites for hydroxylation is 1. The van der Waals surface area contributed by atoms with Crippen LogP contribution >= 0.6 is 0 Å². The van der Waals surface area contributed by atoms with E-state index in [1.807, 2.05) is 13.0 Å². The van der Waals surface area contributed by atoms with Crippen LogP contribution in [0.2, 0.25) is 0 Å². The van der Waals surface area contributed by atoms with E-state index in [1.54, 1.807) is 30.3 Å². The number of rotatable bonds is 5. The summed E-state index contributed by atoms with van der Waals surface area (Å²) in [6.45, 7) is 1.89. The van der Waals surface area contributed by atoms with Crippen LogP contribution in [0.25, 0.3) is 0 Å². The normalized spacial score (nSPS) is 11.8. The van der Waals surface area contributed by atoms with Gasteiger partial charge in [-0.15, -0.1) is 0 Å². The number of benzene rings is 1. The van der Waals surface area contributed by atoms with Crippen LogP contribution in [0.1, 0.15) is 34.1 Å². The van der Waals surface area contributed by atoms with E-state index in [4.69, 9.17) is 9.52 Å². The molecule has 1 atom stereocenters. The number of carboxylic acid groups (broad SMARTS) is 1. The third-order valence-electron chi connectivity index (χ3n) is 2.85. The van der Waals surface area contributed by atoms with Gasteiger partial charge >= 0.3 is 5.97 Å². The fourth-order valence-corrected chi connectivity index (χ4v) is 1.91. The van der Waals surface area contributed by atoms with Crippen LogP contribution in [0, 0.1) is 6.92 Å². The molecule has 0 saturated heterocycles. The van der Waals surface area contributed by atoms with E-state index in [9.17, 15) is 9.59 Å². The van der Waals surface area contributed by atoms with E-state index in [0.717, 1.165) is 5.56 Å². The summed E-state index contributed by atoms with van der Waals surface area (Å²) in [5.74, 6) is -0.902. The van der Waals surface area contributed by atoms with Gasteiger partial charge in [-0.25, -0.2) is 0 Å². The molecule has 0 bridgehead atoms. The minimum absolute atomic E-state index is 0.231. The number of hydrogen-bond donors (Lipinski definition) is 2. The van der Waals surface area contributed by atoms with Gasteiger partial charge in [0.2, 0.25) is 0 Å². The number of nitrogens with one attached hydrogen (secondary N) is 1. The predicted octanol–water partition coefficient (Wildman–Crippen LogP) is 2.53. The summed E-state index contributed by atoms with van der Waals surface area (Å²) in [6.07, 6.45) is 1.22. The van der Waals surface area contributed by atoms with Crippen molar-refractivity contribution in [1.29, 1.82) is 0 Å². The number of furan rings is 1. The third-order valence-corrected chi connectivity index (χ3v) is 2.85. The number of amides is 1. The Morgan fingerprint density at radius 2 is 2.10 bits per heavy atom. The minimum Gasteiger partial charge on any atom is -0.481 e. The molecule has 20 heavy (non-hydrogen) atoms. The summed E-state index contributed by atoms with van der Waals surface area (Å²) in [5.41, 5.74) is 1.46. The Morgan fingerprint density at radius 3 is 2.70 bits per heavy atom. The molecule has 2 aromatic rings. The average Bonchev–Trinajstić information content (AvgIpc) is 2.91. The lowest BCUT2D eigenvalue weighted by Crippen LogP contribution is -2.30. The van der Waals surface area contributed by atoms with Gasteiger partial charge < -0.3 is 14.8 Å². The van der Waals surface area contributed by atoms with Gasteiger partial charge in [-0.05, 0) is 31.2 Å². The molecule has 0 saturated carbocycles. The summed E-state index contributed by atoms with van der Waals surface area (Å²) in [4.78, 5) is 23.0. The first-order valence-corrected chi connectivity index (χ1v) is 6.19. The Morgan fingerprint density at radius 1 is 1.30 bits per heavy atom. The molecule has 5 heteroatoms. The largest absolute Gasteiger partial charge is 0.481 e. The second kappa shape index (κ2) is 6.06. The van der Waals surface area contributed by atoms with E-state index >= 15 is 0 Å². The second-order valence-electron chi connectivity index (χ2n) is 4.51. The molecule has 1 amide bonds. The van der Waals surface area contributed by atoms with Gasteiger partial charge in [0.05, 0.1) is 18.7 Å². The van der Waals surface area contributed by atoms with E-state index in [1.165, 1.54) is 6.26 Å².